The van der Waals surface area contributed by atoms with Crippen LogP contribution >= 0.6 is 0 Å². The van der Waals surface area contributed by atoms with E-state index >= 15 is 0 Å². The Morgan fingerprint density at radius 2 is 1.81 bits per heavy atom. The van der Waals surface area contributed by atoms with Crippen molar-refractivity contribution < 1.29 is 37.3 Å². The number of nitrogens with one attached hydrogen (secondary N) is 2. The van der Waals surface area contributed by atoms with Gasteiger partial charge in [-0.05, 0) is 37.3 Å². The number of likely N-dealkylation sites (N-methyl/N-ethyl adjacent to an activating group) is 1. The Morgan fingerprint density at radius 3 is 2.49 bits per heavy atom. The lowest BCUT2D eigenvalue weighted by Crippen LogP contribution is -2.50. The van der Waals surface area contributed by atoms with E-state index in [1.54, 1.807) is 48.9 Å². The zero-order valence-corrected chi connectivity index (χ0v) is 25.0. The van der Waals surface area contributed by atoms with Gasteiger partial charge >= 0.3 is 6.03 Å². The van der Waals surface area contributed by atoms with Crippen molar-refractivity contribution in [1.82, 2.24) is 18.8 Å². The van der Waals surface area contributed by atoms with Crippen LogP contribution in [-0.2, 0) is 17.1 Å². The molecule has 0 aliphatic carbocycles. The normalized spacial score (nSPS) is 18.8. The van der Waals surface area contributed by atoms with Gasteiger partial charge in [-0.3, -0.25) is 4.79 Å². The van der Waals surface area contributed by atoms with Gasteiger partial charge in [-0.1, -0.05) is 6.92 Å². The Kier molecular flexibility index (Phi) is 8.48. The van der Waals surface area contributed by atoms with Gasteiger partial charge in [0.25, 0.3) is 15.9 Å². The van der Waals surface area contributed by atoms with Gasteiger partial charge in [-0.15, -0.1) is 0 Å². The third-order valence-electron chi connectivity index (χ3n) is 7.35. The average Bonchev–Trinajstić information content (AvgIpc) is 3.63. The summed E-state index contributed by atoms with van der Waals surface area (Å²) in [6, 6.07) is 8.56. The first kappa shape index (κ1) is 30.1. The maximum atomic E-state index is 13.7. The Balaban J connectivity index is 1.38. The molecule has 0 saturated carbocycles. The molecule has 3 amide bonds. The van der Waals surface area contributed by atoms with E-state index in [0.29, 0.717) is 22.9 Å². The molecule has 3 N–H and O–H groups in total. The lowest BCUT2D eigenvalue weighted by Gasteiger charge is -2.38. The molecule has 0 radical (unpaired) electrons. The minimum Gasteiger partial charge on any atom is -0.488 e. The minimum atomic E-state index is -3.90. The number of anilines is 2. The Bertz CT molecular complexity index is 1630. The monoisotopic (exact) mass is 614 g/mol. The molecule has 2 aliphatic rings. The van der Waals surface area contributed by atoms with Crippen LogP contribution in [0, 0.1) is 5.92 Å². The summed E-state index contributed by atoms with van der Waals surface area (Å²) in [7, 11) is -0.772. The summed E-state index contributed by atoms with van der Waals surface area (Å²) in [5.41, 5.74) is 0.968. The topological polar surface area (TPSA) is 165 Å². The molecule has 3 aromatic rings. The van der Waals surface area contributed by atoms with Crippen LogP contribution in [-0.4, -0.2) is 89.9 Å². The van der Waals surface area contributed by atoms with Crippen LogP contribution in [0.15, 0.2) is 53.9 Å². The fourth-order valence-corrected chi connectivity index (χ4v) is 5.96. The second-order valence-electron chi connectivity index (χ2n) is 10.6. The summed E-state index contributed by atoms with van der Waals surface area (Å²) in [5.74, 6) is 0.624. The van der Waals surface area contributed by atoms with Crippen molar-refractivity contribution in [3.63, 3.8) is 0 Å². The zero-order chi connectivity index (χ0) is 30.9. The summed E-state index contributed by atoms with van der Waals surface area (Å²) >= 11 is 0. The highest BCUT2D eigenvalue weighted by atomic mass is 32.2. The first-order chi connectivity index (χ1) is 20.5. The first-order valence-corrected chi connectivity index (χ1v) is 15.0. The highest BCUT2D eigenvalue weighted by molar-refractivity contribution is 7.89. The summed E-state index contributed by atoms with van der Waals surface area (Å²) in [5, 5.41) is 15.3. The minimum absolute atomic E-state index is 0.0208. The molecule has 0 saturated heterocycles. The number of urea groups is 1. The molecule has 0 unspecified atom stereocenters. The van der Waals surface area contributed by atoms with E-state index in [0.717, 1.165) is 0 Å². The van der Waals surface area contributed by atoms with Crippen LogP contribution in [0.25, 0.3) is 0 Å². The molecule has 3 heterocycles. The van der Waals surface area contributed by atoms with Gasteiger partial charge in [0.1, 0.15) is 11.9 Å². The first-order valence-electron chi connectivity index (χ1n) is 13.6. The Labute approximate surface area is 249 Å². The third kappa shape index (κ3) is 6.38. The summed E-state index contributed by atoms with van der Waals surface area (Å²) in [4.78, 5) is 32.0. The van der Waals surface area contributed by atoms with Crippen molar-refractivity contribution in [2.45, 2.75) is 31.0 Å². The molecule has 5 rings (SSSR count). The van der Waals surface area contributed by atoms with Crippen molar-refractivity contribution in [3.8, 4) is 17.2 Å². The van der Waals surface area contributed by atoms with E-state index in [1.807, 2.05) is 6.92 Å². The maximum Gasteiger partial charge on any atom is 0.323 e. The summed E-state index contributed by atoms with van der Waals surface area (Å²) < 4.78 is 46.0. The molecule has 2 aromatic carbocycles. The molecule has 15 heteroatoms. The number of benzene rings is 2. The Hall–Kier alpha value is -4.34. The molecule has 0 bridgehead atoms. The van der Waals surface area contributed by atoms with E-state index < -0.39 is 34.1 Å². The predicted octanol–water partition coefficient (Wildman–Crippen LogP) is 2.33. The quantitative estimate of drug-likeness (QED) is 0.345. The highest BCUT2D eigenvalue weighted by Crippen LogP contribution is 2.35. The van der Waals surface area contributed by atoms with Crippen LogP contribution in [0.2, 0.25) is 0 Å². The molecule has 0 fully saturated rings. The van der Waals surface area contributed by atoms with Gasteiger partial charge in [0.05, 0.1) is 31.1 Å². The summed E-state index contributed by atoms with van der Waals surface area (Å²) in [6.07, 6.45) is 2.17. The van der Waals surface area contributed by atoms with E-state index in [-0.39, 0.29) is 48.7 Å². The van der Waals surface area contributed by atoms with Crippen LogP contribution in [0.1, 0.15) is 24.2 Å². The van der Waals surface area contributed by atoms with E-state index in [2.05, 4.69) is 15.6 Å². The number of fused-ring (bicyclic) bond motifs is 2. The van der Waals surface area contributed by atoms with Crippen LogP contribution in [0.4, 0.5) is 16.2 Å². The van der Waals surface area contributed by atoms with Crippen LogP contribution in [0.3, 0.4) is 0 Å². The maximum absolute atomic E-state index is 13.7. The van der Waals surface area contributed by atoms with Gasteiger partial charge in [0, 0.05) is 50.2 Å². The highest BCUT2D eigenvalue weighted by Gasteiger charge is 2.36. The van der Waals surface area contributed by atoms with Gasteiger partial charge in [-0.2, -0.15) is 4.31 Å². The zero-order valence-electron chi connectivity index (χ0n) is 24.2. The predicted molar refractivity (Wildman–Crippen MR) is 156 cm³/mol. The van der Waals surface area contributed by atoms with E-state index in [4.69, 9.17) is 14.2 Å². The number of nitrogens with zero attached hydrogens (tertiary/aromatic N) is 4. The number of rotatable bonds is 8. The molecular formula is C28H34N6O8S. The number of amides is 3. The third-order valence-corrected chi connectivity index (χ3v) is 9.06. The molecule has 230 valence electrons. The molecule has 1 aromatic heterocycles. The van der Waals surface area contributed by atoms with Crippen molar-refractivity contribution >= 4 is 33.3 Å². The fraction of sp³-hybridized carbons (Fsp3) is 0.393. The molecular weight excluding hydrogens is 580 g/mol. The number of aromatic nitrogens is 2. The van der Waals surface area contributed by atoms with Gasteiger partial charge < -0.3 is 39.4 Å². The average molecular weight is 615 g/mol. The number of aliphatic hydroxyl groups excluding tert-OH is 1. The lowest BCUT2D eigenvalue weighted by atomic mass is 9.99. The van der Waals surface area contributed by atoms with Gasteiger partial charge in [-0.25, -0.2) is 18.2 Å². The standard InChI is InChI=1S/C28H34N6O8S/c1-17-11-34(18(2)14-35)27(36)21-9-19(30-28(37)31-20-6-8-23-24(10-20)41-16-40-23)5-7-22(21)42-25(17)12-33(4)43(38,39)26-13-32(3)15-29-26/h5-10,13,15,17-18,25,35H,11-12,14,16H2,1-4H3,(H2,30,31,37)/t17-,18-,25-/m1/s1. The van der Waals surface area contributed by atoms with Crippen molar-refractivity contribution in [2.24, 2.45) is 13.0 Å². The van der Waals surface area contributed by atoms with Crippen molar-refractivity contribution in [2.75, 3.05) is 44.2 Å². The number of hydrogen-bond donors (Lipinski definition) is 3. The van der Waals surface area contributed by atoms with Crippen molar-refractivity contribution in [3.05, 3.63) is 54.5 Å². The number of ether oxygens (including phenoxy) is 3. The second-order valence-corrected chi connectivity index (χ2v) is 12.6. The van der Waals surface area contributed by atoms with E-state index in [9.17, 15) is 23.1 Å². The largest absolute Gasteiger partial charge is 0.488 e. The second kappa shape index (κ2) is 12.1. The smallest absolute Gasteiger partial charge is 0.323 e. The number of carbonyl (C=O) groups excluding carboxylic acids is 2. The van der Waals surface area contributed by atoms with Crippen LogP contribution < -0.4 is 24.8 Å². The fourth-order valence-electron chi connectivity index (χ4n) is 4.82. The number of hydrogen-bond acceptors (Lipinski definition) is 9. The molecule has 0 spiro atoms. The molecule has 3 atom stereocenters. The van der Waals surface area contributed by atoms with Crippen LogP contribution in [0.5, 0.6) is 17.2 Å². The Morgan fingerprint density at radius 1 is 1.14 bits per heavy atom. The number of aryl methyl sites for hydroxylation is 1. The number of sulfonamides is 1. The van der Waals surface area contributed by atoms with E-state index in [1.165, 1.54) is 34.8 Å². The number of carbonyl (C=O) groups is 2. The summed E-state index contributed by atoms with van der Waals surface area (Å²) in [6.45, 7) is 3.59. The molecule has 43 heavy (non-hydrogen) atoms. The van der Waals surface area contributed by atoms with Crippen molar-refractivity contribution in [1.29, 1.82) is 0 Å². The molecule has 2 aliphatic heterocycles. The van der Waals surface area contributed by atoms with Gasteiger partial charge in [0.2, 0.25) is 6.79 Å². The van der Waals surface area contributed by atoms with Gasteiger partial charge in [0.15, 0.2) is 16.5 Å². The lowest BCUT2D eigenvalue weighted by molar-refractivity contribution is 0.0387. The number of imidazole rings is 1. The number of aliphatic hydroxyl groups is 1. The molecule has 14 nitrogen and oxygen atoms in total. The SMILES string of the molecule is C[C@@H]1CN([C@H](C)CO)C(=O)c2cc(NC(=O)Nc3ccc4c(c3)OCO4)ccc2O[C@@H]1CN(C)S(=O)(=O)c1cn(C)cn1.